The highest BCUT2D eigenvalue weighted by molar-refractivity contribution is 7.80. The van der Waals surface area contributed by atoms with E-state index in [2.05, 4.69) is 15.3 Å². The van der Waals surface area contributed by atoms with Crippen molar-refractivity contribution in [3.05, 3.63) is 54.9 Å². The second kappa shape index (κ2) is 6.61. The smallest absolute Gasteiger partial charge is 0.172 e. The quantitative estimate of drug-likeness (QED) is 0.483. The lowest BCUT2D eigenvalue weighted by Crippen LogP contribution is -2.26. The first-order chi connectivity index (χ1) is 12.6. The van der Waals surface area contributed by atoms with Crippen molar-refractivity contribution in [2.75, 3.05) is 19.4 Å². The van der Waals surface area contributed by atoms with Crippen LogP contribution in [0, 0.1) is 0 Å². The molecule has 26 heavy (non-hydrogen) atoms. The largest absolute Gasteiger partial charge is 0.360 e. The monoisotopic (exact) mass is 362 g/mol. The summed E-state index contributed by atoms with van der Waals surface area (Å²) in [7, 11) is 3.81. The molecule has 3 aromatic heterocycles. The number of nitrogens with zero attached hydrogens (tertiary/aromatic N) is 3. The third-order valence-corrected chi connectivity index (χ3v) is 4.50. The third kappa shape index (κ3) is 3.04. The fourth-order valence-electron chi connectivity index (χ4n) is 2.70. The van der Waals surface area contributed by atoms with E-state index in [1.807, 2.05) is 73.9 Å². The fourth-order valence-corrected chi connectivity index (χ4v) is 2.82. The van der Waals surface area contributed by atoms with Gasteiger partial charge in [0.15, 0.2) is 5.11 Å². The Hall–Kier alpha value is -3.19. The van der Waals surface area contributed by atoms with Gasteiger partial charge >= 0.3 is 0 Å². The minimum atomic E-state index is 0.643. The number of nitrogens with one attached hydrogen (secondary N) is 3. The predicted octanol–water partition coefficient (Wildman–Crippen LogP) is 3.88. The summed E-state index contributed by atoms with van der Waals surface area (Å²) in [6.45, 7) is 0. The van der Waals surface area contributed by atoms with Crippen LogP contribution in [0.2, 0.25) is 0 Å². The molecule has 6 nitrogen and oxygen atoms in total. The molecule has 130 valence electrons. The van der Waals surface area contributed by atoms with Gasteiger partial charge in [-0.2, -0.15) is 0 Å². The Labute approximate surface area is 156 Å². The van der Waals surface area contributed by atoms with Gasteiger partial charge in [0.25, 0.3) is 0 Å². The van der Waals surface area contributed by atoms with Crippen molar-refractivity contribution in [1.82, 2.24) is 24.8 Å². The van der Waals surface area contributed by atoms with Crippen molar-refractivity contribution in [3.8, 4) is 22.8 Å². The Morgan fingerprint density at radius 2 is 1.54 bits per heavy atom. The summed E-state index contributed by atoms with van der Waals surface area (Å²) in [5, 5.41) is 3.85. The van der Waals surface area contributed by atoms with Gasteiger partial charge < -0.3 is 20.2 Å². The Morgan fingerprint density at radius 3 is 2.08 bits per heavy atom. The lowest BCUT2D eigenvalue weighted by atomic mass is 10.1. The number of benzene rings is 1. The van der Waals surface area contributed by atoms with E-state index in [1.54, 1.807) is 0 Å². The van der Waals surface area contributed by atoms with Crippen molar-refractivity contribution in [3.63, 3.8) is 0 Å². The zero-order valence-corrected chi connectivity index (χ0v) is 15.3. The number of anilines is 1. The van der Waals surface area contributed by atoms with Crippen molar-refractivity contribution in [2.24, 2.45) is 0 Å². The first kappa shape index (κ1) is 16.3. The molecule has 0 saturated carbocycles. The maximum Gasteiger partial charge on any atom is 0.172 e. The topological polar surface area (TPSA) is 72.6 Å². The van der Waals surface area contributed by atoms with Gasteiger partial charge in [0.2, 0.25) is 0 Å². The number of aromatic nitrogens is 4. The van der Waals surface area contributed by atoms with E-state index in [0.717, 1.165) is 39.5 Å². The van der Waals surface area contributed by atoms with Gasteiger partial charge in [0.05, 0.1) is 22.4 Å². The van der Waals surface area contributed by atoms with Gasteiger partial charge in [0.1, 0.15) is 11.4 Å². The molecule has 1 aromatic carbocycles. The molecule has 0 unspecified atom stereocenters. The molecule has 4 rings (SSSR count). The van der Waals surface area contributed by atoms with Crippen LogP contribution in [0.4, 0.5) is 5.69 Å². The average molecular weight is 362 g/mol. The normalized spacial score (nSPS) is 10.8. The van der Waals surface area contributed by atoms with Crippen LogP contribution in [0.25, 0.3) is 33.8 Å². The minimum Gasteiger partial charge on any atom is -0.360 e. The van der Waals surface area contributed by atoms with E-state index in [4.69, 9.17) is 22.2 Å². The Kier molecular flexibility index (Phi) is 4.14. The first-order valence-electron chi connectivity index (χ1n) is 8.19. The molecule has 3 heterocycles. The number of hydrogen-bond donors (Lipinski definition) is 3. The zero-order valence-electron chi connectivity index (χ0n) is 14.4. The highest BCUT2D eigenvalue weighted by Crippen LogP contribution is 2.30. The van der Waals surface area contributed by atoms with Crippen molar-refractivity contribution in [2.45, 2.75) is 0 Å². The van der Waals surface area contributed by atoms with Gasteiger partial charge in [-0.05, 0) is 54.7 Å². The van der Waals surface area contributed by atoms with Gasteiger partial charge in [-0.3, -0.25) is 0 Å². The molecule has 4 aromatic rings. The van der Waals surface area contributed by atoms with E-state index in [9.17, 15) is 0 Å². The molecular weight excluding hydrogens is 344 g/mol. The zero-order chi connectivity index (χ0) is 18.1. The fraction of sp³-hybridized carbons (Fsp3) is 0.105. The van der Waals surface area contributed by atoms with E-state index in [-0.39, 0.29) is 0 Å². The van der Waals surface area contributed by atoms with E-state index >= 15 is 0 Å². The number of fused-ring (bicyclic) bond motifs is 1. The molecular formula is C19H18N6S. The first-order valence-corrected chi connectivity index (χ1v) is 8.60. The number of thiocarbonyl (C=S) groups is 1. The van der Waals surface area contributed by atoms with Gasteiger partial charge in [-0.1, -0.05) is 0 Å². The highest BCUT2D eigenvalue weighted by Gasteiger charge is 2.15. The summed E-state index contributed by atoms with van der Waals surface area (Å²) < 4.78 is 0. The van der Waals surface area contributed by atoms with Gasteiger partial charge in [-0.15, -0.1) is 0 Å². The summed E-state index contributed by atoms with van der Waals surface area (Å²) in [5.74, 6) is 0. The molecule has 7 heteroatoms. The summed E-state index contributed by atoms with van der Waals surface area (Å²) in [6.07, 6.45) is 3.77. The maximum absolute atomic E-state index is 5.32. The molecule has 0 amide bonds. The molecule has 0 fully saturated rings. The summed E-state index contributed by atoms with van der Waals surface area (Å²) >= 11 is 5.32. The van der Waals surface area contributed by atoms with E-state index in [1.165, 1.54) is 0 Å². The standard InChI is InChI=1S/C19H18N6S/c1-25(2)19(26)22-12-7-8-13-16(11-12)24-18(15-6-4-10-21-15)17(23-13)14-5-3-9-20-14/h3-11,20-21H,1-2H3,(H,22,26). The molecule has 0 saturated heterocycles. The molecule has 3 N–H and O–H groups in total. The van der Waals surface area contributed by atoms with Crippen LogP contribution in [-0.2, 0) is 0 Å². The molecule has 0 aliphatic carbocycles. The maximum atomic E-state index is 5.32. The van der Waals surface area contributed by atoms with E-state index < -0.39 is 0 Å². The summed E-state index contributed by atoms with van der Waals surface area (Å²) in [4.78, 5) is 18.0. The number of H-pyrrole nitrogens is 2. The number of rotatable bonds is 3. The van der Waals surface area contributed by atoms with Gasteiger partial charge in [0, 0.05) is 32.2 Å². The van der Waals surface area contributed by atoms with Crippen molar-refractivity contribution < 1.29 is 0 Å². The molecule has 0 radical (unpaired) electrons. The lowest BCUT2D eigenvalue weighted by molar-refractivity contribution is 0.634. The molecule has 0 atom stereocenters. The number of hydrogen-bond acceptors (Lipinski definition) is 3. The summed E-state index contributed by atoms with van der Waals surface area (Å²) in [6, 6.07) is 13.8. The second-order valence-electron chi connectivity index (χ2n) is 6.12. The Bertz CT molecular complexity index is 1050. The van der Waals surface area contributed by atoms with Crippen LogP contribution in [0.5, 0.6) is 0 Å². The predicted molar refractivity (Wildman–Crippen MR) is 109 cm³/mol. The van der Waals surface area contributed by atoms with Gasteiger partial charge in [-0.25, -0.2) is 9.97 Å². The van der Waals surface area contributed by atoms with Crippen LogP contribution < -0.4 is 5.32 Å². The lowest BCUT2D eigenvalue weighted by Gasteiger charge is -2.16. The average Bonchev–Trinajstić information content (AvgIpc) is 3.34. The Morgan fingerprint density at radius 1 is 0.923 bits per heavy atom. The summed E-state index contributed by atoms with van der Waals surface area (Å²) in [5.41, 5.74) is 5.98. The van der Waals surface area contributed by atoms with Crippen LogP contribution in [-0.4, -0.2) is 44.0 Å². The van der Waals surface area contributed by atoms with E-state index in [0.29, 0.717) is 5.11 Å². The molecule has 0 aliphatic heterocycles. The van der Waals surface area contributed by atoms with Crippen LogP contribution >= 0.6 is 12.2 Å². The van der Waals surface area contributed by atoms with Crippen LogP contribution in [0.15, 0.2) is 54.9 Å². The Balaban J connectivity index is 1.85. The molecule has 0 bridgehead atoms. The SMILES string of the molecule is CN(C)C(=S)Nc1ccc2nc(-c3ccc[nH]3)c(-c3ccc[nH]3)nc2c1. The highest BCUT2D eigenvalue weighted by atomic mass is 32.1. The second-order valence-corrected chi connectivity index (χ2v) is 6.50. The van der Waals surface area contributed by atoms with Crippen LogP contribution in [0.1, 0.15) is 0 Å². The van der Waals surface area contributed by atoms with Crippen molar-refractivity contribution >= 4 is 34.1 Å². The number of aromatic amines is 2. The molecule has 0 aliphatic rings. The minimum absolute atomic E-state index is 0.643. The van der Waals surface area contributed by atoms with Crippen LogP contribution in [0.3, 0.4) is 0 Å². The molecule has 0 spiro atoms. The van der Waals surface area contributed by atoms with Crippen molar-refractivity contribution in [1.29, 1.82) is 0 Å². The third-order valence-electron chi connectivity index (χ3n) is 4.03.